The van der Waals surface area contributed by atoms with E-state index in [4.69, 9.17) is 0 Å². The lowest BCUT2D eigenvalue weighted by Crippen LogP contribution is -2.18. The van der Waals surface area contributed by atoms with Crippen molar-refractivity contribution >= 4 is 59.9 Å². The normalized spacial score (nSPS) is 12.0. The van der Waals surface area contributed by atoms with Crippen LogP contribution in [-0.4, -0.2) is 8.97 Å². The summed E-state index contributed by atoms with van der Waals surface area (Å²) in [6.45, 7) is 4.08. The summed E-state index contributed by atoms with van der Waals surface area (Å²) in [4.78, 5) is 43.6. The van der Waals surface area contributed by atoms with E-state index in [2.05, 4.69) is 4.57 Å². The maximum absolute atomic E-state index is 15.0. The van der Waals surface area contributed by atoms with E-state index in [1.165, 1.54) is 0 Å². The SMILES string of the molecule is Cc1cccc(C)c1-c1cc2c(=O)c3ccccc3n3c4ccc5c(c(=O)c6ccccc6n5-c5ccccc5)c4c(=O)c(c1)c23. The highest BCUT2D eigenvalue weighted by atomic mass is 16.1. The smallest absolute Gasteiger partial charge is 0.198 e. The number of aromatic nitrogens is 2. The molecule has 9 rings (SSSR count). The van der Waals surface area contributed by atoms with Crippen LogP contribution in [-0.2, 0) is 0 Å². The molecule has 5 nitrogen and oxygen atoms in total. The van der Waals surface area contributed by atoms with Crippen LogP contribution in [0.2, 0.25) is 0 Å². The van der Waals surface area contributed by atoms with Crippen molar-refractivity contribution in [1.82, 2.24) is 8.97 Å². The number of aryl methyl sites for hydroxylation is 2. The van der Waals surface area contributed by atoms with Crippen molar-refractivity contribution < 1.29 is 0 Å². The average molecular weight is 595 g/mol. The second-order valence-corrected chi connectivity index (χ2v) is 12.1. The van der Waals surface area contributed by atoms with Crippen LogP contribution in [0.1, 0.15) is 11.1 Å². The molecule has 0 saturated carbocycles. The Kier molecular flexibility index (Phi) is 5.42. The number of nitrogens with zero attached hydrogens (tertiary/aromatic N) is 2. The summed E-state index contributed by atoms with van der Waals surface area (Å²) in [5.74, 6) is 0. The number of hydrogen-bond acceptors (Lipinski definition) is 3. The van der Waals surface area contributed by atoms with Crippen molar-refractivity contribution in [2.75, 3.05) is 0 Å². The van der Waals surface area contributed by atoms with Gasteiger partial charge in [-0.2, -0.15) is 0 Å². The maximum atomic E-state index is 15.0. The first-order valence-corrected chi connectivity index (χ1v) is 15.3. The Bertz CT molecular complexity index is 2920. The number of pyridine rings is 3. The molecule has 0 aliphatic rings. The zero-order chi connectivity index (χ0) is 31.3. The second kappa shape index (κ2) is 9.46. The van der Waals surface area contributed by atoms with Crippen molar-refractivity contribution in [2.45, 2.75) is 13.8 Å². The van der Waals surface area contributed by atoms with Crippen LogP contribution in [0.25, 0.3) is 76.7 Å². The minimum Gasteiger partial charge on any atom is -0.309 e. The van der Waals surface area contributed by atoms with E-state index in [9.17, 15) is 14.4 Å². The standard InChI is InChI=1S/C41H26N2O3/c1-23-11-10-12-24(2)35(23)25-21-29-38-30(22-25)41(46)37-34(43(38)32-18-9-6-15-27(32)39(29)44)20-19-33-36(37)40(45)28-16-7-8-17-31(28)42(33)26-13-4-3-5-14-26/h3-22H,1-2H3. The molecule has 0 atom stereocenters. The molecular weight excluding hydrogens is 568 g/mol. The predicted molar refractivity (Wildman–Crippen MR) is 189 cm³/mol. The summed E-state index contributed by atoms with van der Waals surface area (Å²) >= 11 is 0. The number of benzene rings is 6. The molecule has 5 heteroatoms. The number of hydrogen-bond donors (Lipinski definition) is 0. The van der Waals surface area contributed by atoms with Crippen molar-refractivity contribution in [1.29, 1.82) is 0 Å². The first-order chi connectivity index (χ1) is 22.4. The Labute approximate surface area is 262 Å². The summed E-state index contributed by atoms with van der Waals surface area (Å²) in [6.07, 6.45) is 0. The Hall–Kier alpha value is -6.07. The predicted octanol–water partition coefficient (Wildman–Crippen LogP) is 8.30. The van der Waals surface area contributed by atoms with Gasteiger partial charge in [0.1, 0.15) is 0 Å². The molecule has 0 unspecified atom stereocenters. The fourth-order valence-corrected chi connectivity index (χ4v) is 7.54. The van der Waals surface area contributed by atoms with Gasteiger partial charge in [-0.15, -0.1) is 0 Å². The maximum Gasteiger partial charge on any atom is 0.198 e. The fraction of sp³-hybridized carbons (Fsp3) is 0.0488. The molecule has 9 aromatic rings. The molecule has 46 heavy (non-hydrogen) atoms. The molecule has 0 fully saturated rings. The van der Waals surface area contributed by atoms with Gasteiger partial charge in [0.05, 0.1) is 38.4 Å². The van der Waals surface area contributed by atoms with E-state index < -0.39 is 0 Å². The zero-order valence-corrected chi connectivity index (χ0v) is 25.2. The van der Waals surface area contributed by atoms with E-state index >= 15 is 0 Å². The second-order valence-electron chi connectivity index (χ2n) is 12.1. The van der Waals surface area contributed by atoms with Gasteiger partial charge >= 0.3 is 0 Å². The van der Waals surface area contributed by atoms with Gasteiger partial charge in [0.15, 0.2) is 16.3 Å². The topological polar surface area (TPSA) is 60.5 Å². The summed E-state index contributed by atoms with van der Waals surface area (Å²) < 4.78 is 4.06. The molecule has 0 amide bonds. The van der Waals surface area contributed by atoms with E-state index in [0.717, 1.165) is 33.5 Å². The van der Waals surface area contributed by atoms with E-state index in [-0.39, 0.29) is 16.3 Å². The lowest BCUT2D eigenvalue weighted by molar-refractivity contribution is 1.16. The van der Waals surface area contributed by atoms with Crippen LogP contribution in [0, 0.1) is 13.8 Å². The fourth-order valence-electron chi connectivity index (χ4n) is 7.54. The monoisotopic (exact) mass is 594 g/mol. The Morgan fingerprint density at radius 1 is 0.457 bits per heavy atom. The molecule has 3 heterocycles. The molecule has 3 aromatic heterocycles. The lowest BCUT2D eigenvalue weighted by Gasteiger charge is -2.19. The zero-order valence-electron chi connectivity index (χ0n) is 25.2. The quantitative estimate of drug-likeness (QED) is 0.149. The van der Waals surface area contributed by atoms with E-state index in [1.54, 1.807) is 0 Å². The van der Waals surface area contributed by atoms with Gasteiger partial charge in [0.25, 0.3) is 0 Å². The van der Waals surface area contributed by atoms with E-state index in [1.807, 2.05) is 140 Å². The molecule has 0 bridgehead atoms. The minimum atomic E-state index is -0.264. The summed E-state index contributed by atoms with van der Waals surface area (Å²) in [6, 6.07) is 38.7. The Balaban J connectivity index is 1.60. The van der Waals surface area contributed by atoms with Gasteiger partial charge in [-0.05, 0) is 96.8 Å². The van der Waals surface area contributed by atoms with Crippen molar-refractivity contribution in [3.05, 3.63) is 163 Å². The van der Waals surface area contributed by atoms with Crippen LogP contribution in [0.3, 0.4) is 0 Å². The largest absolute Gasteiger partial charge is 0.309 e. The molecule has 0 radical (unpaired) electrons. The summed E-state index contributed by atoms with van der Waals surface area (Å²) in [5.41, 5.74) is 7.50. The van der Waals surface area contributed by atoms with Gasteiger partial charge in [0, 0.05) is 27.2 Å². The van der Waals surface area contributed by atoms with E-state index in [0.29, 0.717) is 54.4 Å². The van der Waals surface area contributed by atoms with Crippen LogP contribution in [0.15, 0.2) is 136 Å². The van der Waals surface area contributed by atoms with Gasteiger partial charge in [0.2, 0.25) is 0 Å². The first kappa shape index (κ1) is 26.3. The number of fused-ring (bicyclic) bond motifs is 7. The molecule has 0 N–H and O–H groups in total. The molecular formula is C41H26N2O3. The third kappa shape index (κ3) is 3.42. The van der Waals surface area contributed by atoms with Gasteiger partial charge < -0.3 is 8.97 Å². The molecule has 0 saturated heterocycles. The van der Waals surface area contributed by atoms with Crippen LogP contribution in [0.4, 0.5) is 0 Å². The van der Waals surface area contributed by atoms with Crippen LogP contribution in [0.5, 0.6) is 0 Å². The number of para-hydroxylation sites is 3. The average Bonchev–Trinajstić information content (AvgIpc) is 3.08. The molecule has 0 aliphatic heterocycles. The highest BCUT2D eigenvalue weighted by Crippen LogP contribution is 2.36. The Morgan fingerprint density at radius 2 is 1.00 bits per heavy atom. The van der Waals surface area contributed by atoms with Crippen molar-refractivity contribution in [2.24, 2.45) is 0 Å². The summed E-state index contributed by atoms with van der Waals surface area (Å²) in [7, 11) is 0. The highest BCUT2D eigenvalue weighted by molar-refractivity contribution is 6.16. The van der Waals surface area contributed by atoms with Crippen LogP contribution >= 0.6 is 0 Å². The highest BCUT2D eigenvalue weighted by Gasteiger charge is 2.23. The summed E-state index contributed by atoms with van der Waals surface area (Å²) in [5, 5.41) is 2.69. The molecule has 218 valence electrons. The van der Waals surface area contributed by atoms with Crippen molar-refractivity contribution in [3.63, 3.8) is 0 Å². The molecule has 6 aromatic carbocycles. The van der Waals surface area contributed by atoms with Crippen LogP contribution < -0.4 is 16.3 Å². The third-order valence-corrected chi connectivity index (χ3v) is 9.48. The molecule has 0 spiro atoms. The minimum absolute atomic E-state index is 0.120. The van der Waals surface area contributed by atoms with Gasteiger partial charge in [-0.25, -0.2) is 0 Å². The van der Waals surface area contributed by atoms with Crippen molar-refractivity contribution in [3.8, 4) is 16.8 Å². The number of rotatable bonds is 2. The Morgan fingerprint density at radius 3 is 1.72 bits per heavy atom. The molecule has 0 aliphatic carbocycles. The third-order valence-electron chi connectivity index (χ3n) is 9.48. The lowest BCUT2D eigenvalue weighted by atomic mass is 9.92. The van der Waals surface area contributed by atoms with Gasteiger partial charge in [-0.1, -0.05) is 60.7 Å². The van der Waals surface area contributed by atoms with Gasteiger partial charge in [-0.3, -0.25) is 14.4 Å². The first-order valence-electron chi connectivity index (χ1n) is 15.3.